The number of amides is 1. The van der Waals surface area contributed by atoms with Crippen LogP contribution in [0, 0.1) is 16.2 Å². The summed E-state index contributed by atoms with van der Waals surface area (Å²) in [6, 6.07) is 5.52. The fraction of sp³-hybridized carbons (Fsp3) is 0.684. The lowest BCUT2D eigenvalue weighted by Gasteiger charge is -2.57. The van der Waals surface area contributed by atoms with E-state index in [2.05, 4.69) is 46.5 Å². The van der Waals surface area contributed by atoms with Crippen LogP contribution in [-0.2, 0) is 0 Å². The third kappa shape index (κ3) is 2.90. The zero-order valence-electron chi connectivity index (χ0n) is 14.9. The molecule has 0 spiro atoms. The molecule has 0 atom stereocenters. The SMILES string of the molecule is CC(C)(C)C1(C(C)(C)C)CCN(C(=O)c2ccccn2)CC1. The first-order valence-corrected chi connectivity index (χ1v) is 8.29. The molecular formula is C19H30N2O. The number of rotatable bonds is 1. The fourth-order valence-electron chi connectivity index (χ4n) is 4.37. The Morgan fingerprint density at radius 3 is 2.00 bits per heavy atom. The van der Waals surface area contributed by atoms with Gasteiger partial charge in [-0.15, -0.1) is 0 Å². The van der Waals surface area contributed by atoms with Gasteiger partial charge in [0.15, 0.2) is 0 Å². The van der Waals surface area contributed by atoms with Crippen molar-refractivity contribution in [3.05, 3.63) is 30.1 Å². The molecule has 1 aliphatic rings. The number of likely N-dealkylation sites (tertiary alicyclic amines) is 1. The molecular weight excluding hydrogens is 272 g/mol. The van der Waals surface area contributed by atoms with Crippen LogP contribution >= 0.6 is 0 Å². The summed E-state index contributed by atoms with van der Waals surface area (Å²) in [6.07, 6.45) is 3.79. The summed E-state index contributed by atoms with van der Waals surface area (Å²) in [4.78, 5) is 18.7. The Morgan fingerprint density at radius 1 is 1.05 bits per heavy atom. The molecule has 1 fully saturated rings. The van der Waals surface area contributed by atoms with E-state index in [-0.39, 0.29) is 22.2 Å². The molecule has 22 heavy (non-hydrogen) atoms. The predicted octanol–water partition coefficient (Wildman–Crippen LogP) is 4.40. The average Bonchev–Trinajstić information content (AvgIpc) is 2.45. The van der Waals surface area contributed by atoms with Gasteiger partial charge in [-0.25, -0.2) is 0 Å². The van der Waals surface area contributed by atoms with Gasteiger partial charge in [-0.1, -0.05) is 47.6 Å². The van der Waals surface area contributed by atoms with Gasteiger partial charge in [0.2, 0.25) is 0 Å². The Hall–Kier alpha value is -1.38. The van der Waals surface area contributed by atoms with Crippen molar-refractivity contribution < 1.29 is 4.79 Å². The number of piperidine rings is 1. The highest BCUT2D eigenvalue weighted by Crippen LogP contribution is 2.57. The zero-order chi connectivity index (χ0) is 16.6. The summed E-state index contributed by atoms with van der Waals surface area (Å²) in [5.74, 6) is 0.0667. The molecule has 0 N–H and O–H groups in total. The van der Waals surface area contributed by atoms with E-state index in [1.165, 1.54) is 0 Å². The number of carbonyl (C=O) groups excluding carboxylic acids is 1. The van der Waals surface area contributed by atoms with Crippen molar-refractivity contribution in [2.75, 3.05) is 13.1 Å². The van der Waals surface area contributed by atoms with E-state index in [9.17, 15) is 4.79 Å². The van der Waals surface area contributed by atoms with Crippen LogP contribution in [0.2, 0.25) is 0 Å². The van der Waals surface area contributed by atoms with Gasteiger partial charge >= 0.3 is 0 Å². The Kier molecular flexibility index (Phi) is 4.38. The van der Waals surface area contributed by atoms with Gasteiger partial charge < -0.3 is 4.90 Å². The molecule has 0 aliphatic carbocycles. The average molecular weight is 302 g/mol. The van der Waals surface area contributed by atoms with E-state index in [0.717, 1.165) is 25.9 Å². The third-order valence-corrected chi connectivity index (χ3v) is 5.66. The van der Waals surface area contributed by atoms with Crippen molar-refractivity contribution in [2.45, 2.75) is 54.4 Å². The molecule has 2 rings (SSSR count). The molecule has 1 aliphatic heterocycles. The number of aromatic nitrogens is 1. The Morgan fingerprint density at radius 2 is 1.59 bits per heavy atom. The van der Waals surface area contributed by atoms with Crippen LogP contribution in [0.4, 0.5) is 0 Å². The van der Waals surface area contributed by atoms with Gasteiger partial charge in [-0.3, -0.25) is 9.78 Å². The van der Waals surface area contributed by atoms with Crippen molar-refractivity contribution in [1.82, 2.24) is 9.88 Å². The first-order valence-electron chi connectivity index (χ1n) is 8.29. The van der Waals surface area contributed by atoms with Gasteiger partial charge in [0.05, 0.1) is 0 Å². The maximum Gasteiger partial charge on any atom is 0.272 e. The summed E-state index contributed by atoms with van der Waals surface area (Å²) in [5, 5.41) is 0. The Bertz CT molecular complexity index is 499. The second kappa shape index (κ2) is 5.68. The van der Waals surface area contributed by atoms with Crippen molar-refractivity contribution >= 4 is 5.91 Å². The van der Waals surface area contributed by atoms with Crippen LogP contribution in [0.3, 0.4) is 0 Å². The topological polar surface area (TPSA) is 33.2 Å². The Labute approximate surface area is 135 Å². The molecule has 1 aromatic heterocycles. The van der Waals surface area contributed by atoms with E-state index in [4.69, 9.17) is 0 Å². The first kappa shape index (κ1) is 17.0. The molecule has 122 valence electrons. The molecule has 3 nitrogen and oxygen atoms in total. The van der Waals surface area contributed by atoms with Crippen molar-refractivity contribution in [1.29, 1.82) is 0 Å². The lowest BCUT2D eigenvalue weighted by Crippen LogP contribution is -2.54. The summed E-state index contributed by atoms with van der Waals surface area (Å²) in [7, 11) is 0. The highest BCUT2D eigenvalue weighted by atomic mass is 16.2. The molecule has 1 aromatic rings. The zero-order valence-corrected chi connectivity index (χ0v) is 14.9. The molecule has 2 heterocycles. The largest absolute Gasteiger partial charge is 0.337 e. The molecule has 0 bridgehead atoms. The minimum atomic E-state index is 0.0667. The standard InChI is InChI=1S/C19H30N2O/c1-17(2,3)19(18(4,5)6)10-13-21(14-11-19)16(22)15-9-7-8-12-20-15/h7-9,12H,10-11,13-14H2,1-6H3. The van der Waals surface area contributed by atoms with Crippen LogP contribution in [0.15, 0.2) is 24.4 Å². The second-order valence-corrected chi connectivity index (χ2v) is 8.59. The third-order valence-electron chi connectivity index (χ3n) is 5.66. The number of nitrogens with zero attached hydrogens (tertiary/aromatic N) is 2. The molecule has 0 saturated carbocycles. The maximum atomic E-state index is 12.6. The van der Waals surface area contributed by atoms with E-state index >= 15 is 0 Å². The van der Waals surface area contributed by atoms with Gasteiger partial charge in [0.25, 0.3) is 5.91 Å². The predicted molar refractivity (Wildman–Crippen MR) is 90.7 cm³/mol. The lowest BCUT2D eigenvalue weighted by molar-refractivity contribution is -0.0764. The maximum absolute atomic E-state index is 12.6. The van der Waals surface area contributed by atoms with Gasteiger partial charge in [0.1, 0.15) is 5.69 Å². The molecule has 0 aromatic carbocycles. The second-order valence-electron chi connectivity index (χ2n) is 8.59. The van der Waals surface area contributed by atoms with Crippen LogP contribution in [0.1, 0.15) is 64.9 Å². The lowest BCUT2D eigenvalue weighted by atomic mass is 9.50. The molecule has 3 heteroatoms. The minimum Gasteiger partial charge on any atom is -0.337 e. The first-order chi connectivity index (χ1) is 10.1. The minimum absolute atomic E-state index is 0.0667. The fourth-order valence-corrected chi connectivity index (χ4v) is 4.37. The summed E-state index contributed by atoms with van der Waals surface area (Å²) < 4.78 is 0. The van der Waals surface area contributed by atoms with E-state index in [1.807, 2.05) is 17.0 Å². The molecule has 0 unspecified atom stereocenters. The molecule has 1 saturated heterocycles. The number of pyridine rings is 1. The molecule has 0 radical (unpaired) electrons. The summed E-state index contributed by atoms with van der Waals surface area (Å²) in [5.41, 5.74) is 1.26. The van der Waals surface area contributed by atoms with Crippen LogP contribution in [-0.4, -0.2) is 28.9 Å². The smallest absolute Gasteiger partial charge is 0.272 e. The Balaban J connectivity index is 2.17. The monoisotopic (exact) mass is 302 g/mol. The highest BCUT2D eigenvalue weighted by molar-refractivity contribution is 5.92. The number of carbonyl (C=O) groups is 1. The van der Waals surface area contributed by atoms with Crippen LogP contribution in [0.5, 0.6) is 0 Å². The van der Waals surface area contributed by atoms with Crippen molar-refractivity contribution in [3.8, 4) is 0 Å². The van der Waals surface area contributed by atoms with Gasteiger partial charge in [0, 0.05) is 19.3 Å². The van der Waals surface area contributed by atoms with E-state index in [1.54, 1.807) is 12.3 Å². The quantitative estimate of drug-likeness (QED) is 0.770. The van der Waals surface area contributed by atoms with Crippen molar-refractivity contribution in [3.63, 3.8) is 0 Å². The summed E-state index contributed by atoms with van der Waals surface area (Å²) >= 11 is 0. The number of hydrogen-bond donors (Lipinski definition) is 0. The number of hydrogen-bond acceptors (Lipinski definition) is 2. The van der Waals surface area contributed by atoms with Crippen molar-refractivity contribution in [2.24, 2.45) is 16.2 Å². The normalized spacial score (nSPS) is 19.1. The van der Waals surface area contributed by atoms with Crippen LogP contribution < -0.4 is 0 Å². The molecule has 1 amide bonds. The van der Waals surface area contributed by atoms with Gasteiger partial charge in [-0.2, -0.15) is 0 Å². The van der Waals surface area contributed by atoms with E-state index < -0.39 is 0 Å². The highest BCUT2D eigenvalue weighted by Gasteiger charge is 2.51. The van der Waals surface area contributed by atoms with E-state index in [0.29, 0.717) is 5.69 Å². The van der Waals surface area contributed by atoms with Gasteiger partial charge in [-0.05, 0) is 41.2 Å². The van der Waals surface area contributed by atoms with Crippen LogP contribution in [0.25, 0.3) is 0 Å². The summed E-state index contributed by atoms with van der Waals surface area (Å²) in [6.45, 7) is 15.7.